The minimum Gasteiger partial charge on any atom is -0.490 e. The minimum absolute atomic E-state index is 0.0633. The maximum absolute atomic E-state index is 13.4. The van der Waals surface area contributed by atoms with Crippen molar-refractivity contribution in [2.75, 3.05) is 24.6 Å². The van der Waals surface area contributed by atoms with E-state index in [-0.39, 0.29) is 28.6 Å². The van der Waals surface area contributed by atoms with Crippen molar-refractivity contribution in [1.29, 1.82) is 0 Å². The zero-order valence-electron chi connectivity index (χ0n) is 25.0. The fourth-order valence-corrected chi connectivity index (χ4v) is 9.16. The standard InChI is InChI=1S/C34H41ClN2O5S/c1-21-6-4-8-28(22(2)38)29-12-9-26(29)18-37-19-34(15-5-7-24-16-27(35)11-13-30(24)34)20-42-32-14-10-25(17-31(32)37)33(39)36-43(40,41)23(21)3/h10-11,13-14,16-17,23,26,28-29H,1,4-9,12,15,18-20H2,2-3H3,(H,36,39)/t23-,26+,28+,29-,34+/m1/s1. The number of hydrogen-bond acceptors (Lipinski definition) is 6. The molecular formula is C34H41ClN2O5S. The Bertz CT molecular complexity index is 1570. The number of hydrogen-bond donors (Lipinski definition) is 1. The fraction of sp³-hybridized carbons (Fsp3) is 0.529. The summed E-state index contributed by atoms with van der Waals surface area (Å²) in [5.41, 5.74) is 3.84. The molecule has 1 fully saturated rings. The molecule has 0 radical (unpaired) electrons. The SMILES string of the molecule is C=C1CCC[C@@H](C(C)=O)[C@@H]2CC[C@H]2CN2C[C@@]3(CCCc4cc(Cl)ccc43)COc3ccc(cc32)C(=O)NS(=O)(=O)[C@@H]1C. The third-order valence-corrected chi connectivity index (χ3v) is 12.5. The van der Waals surface area contributed by atoms with Gasteiger partial charge < -0.3 is 9.64 Å². The Morgan fingerprint density at radius 3 is 2.67 bits per heavy atom. The topological polar surface area (TPSA) is 92.8 Å². The molecule has 9 heteroatoms. The van der Waals surface area contributed by atoms with Crippen molar-refractivity contribution in [2.45, 2.75) is 75.9 Å². The summed E-state index contributed by atoms with van der Waals surface area (Å²) < 4.78 is 35.2. The molecule has 2 aromatic carbocycles. The summed E-state index contributed by atoms with van der Waals surface area (Å²) in [6.45, 7) is 9.21. The van der Waals surface area contributed by atoms with Crippen molar-refractivity contribution in [3.63, 3.8) is 0 Å². The Kier molecular flexibility index (Phi) is 8.14. The molecule has 4 aliphatic rings. The van der Waals surface area contributed by atoms with Crippen molar-refractivity contribution < 1.29 is 22.7 Å². The van der Waals surface area contributed by atoms with Gasteiger partial charge in [-0.05, 0) is 119 Å². The van der Waals surface area contributed by atoms with E-state index in [0.29, 0.717) is 49.7 Å². The second-order valence-electron chi connectivity index (χ2n) is 13.2. The number of rotatable bonds is 1. The van der Waals surface area contributed by atoms with Crippen LogP contribution in [-0.4, -0.2) is 45.1 Å². The molecule has 1 amide bonds. The monoisotopic (exact) mass is 624 g/mol. The highest BCUT2D eigenvalue weighted by Gasteiger charge is 2.45. The van der Waals surface area contributed by atoms with Gasteiger partial charge in [0.05, 0.1) is 17.5 Å². The first-order valence-electron chi connectivity index (χ1n) is 15.5. The molecule has 2 bridgehead atoms. The van der Waals surface area contributed by atoms with Crippen LogP contribution in [0.5, 0.6) is 5.75 Å². The molecule has 0 saturated heterocycles. The molecule has 230 valence electrons. The summed E-state index contributed by atoms with van der Waals surface area (Å²) in [6.07, 6.45) is 6.89. The normalized spacial score (nSPS) is 30.6. The van der Waals surface area contributed by atoms with Crippen LogP contribution < -0.4 is 14.4 Å². The maximum atomic E-state index is 13.4. The van der Waals surface area contributed by atoms with Gasteiger partial charge in [0.25, 0.3) is 5.91 Å². The second-order valence-corrected chi connectivity index (χ2v) is 15.6. The molecule has 1 saturated carbocycles. The summed E-state index contributed by atoms with van der Waals surface area (Å²) in [7, 11) is -4.00. The molecule has 2 aliphatic carbocycles. The predicted molar refractivity (Wildman–Crippen MR) is 169 cm³/mol. The van der Waals surface area contributed by atoms with Gasteiger partial charge in [0, 0.05) is 35.0 Å². The van der Waals surface area contributed by atoms with E-state index in [0.717, 1.165) is 49.4 Å². The third-order valence-electron chi connectivity index (χ3n) is 10.6. The number of nitrogens with one attached hydrogen (secondary N) is 1. The summed E-state index contributed by atoms with van der Waals surface area (Å²) in [5, 5.41) is -0.202. The van der Waals surface area contributed by atoms with E-state index in [1.807, 2.05) is 6.07 Å². The van der Waals surface area contributed by atoms with Crippen LogP contribution in [0.25, 0.3) is 0 Å². The first kappa shape index (κ1) is 30.2. The molecule has 1 spiro atoms. The first-order chi connectivity index (χ1) is 20.5. The fourth-order valence-electron chi connectivity index (χ4n) is 7.86. The highest BCUT2D eigenvalue weighted by Crippen LogP contribution is 2.48. The van der Waals surface area contributed by atoms with Crippen molar-refractivity contribution in [2.24, 2.45) is 17.8 Å². The number of aryl methyl sites for hydroxylation is 1. The molecule has 0 aromatic heterocycles. The van der Waals surface area contributed by atoms with E-state index in [2.05, 4.69) is 28.3 Å². The number of ketones is 1. The zero-order chi connectivity index (χ0) is 30.5. The Morgan fingerprint density at radius 1 is 1.12 bits per heavy atom. The third kappa shape index (κ3) is 5.73. The van der Waals surface area contributed by atoms with Crippen LogP contribution in [0.1, 0.15) is 80.3 Å². The first-order valence-corrected chi connectivity index (χ1v) is 17.4. The molecule has 2 heterocycles. The largest absolute Gasteiger partial charge is 0.490 e. The Balaban J connectivity index is 1.43. The number of sulfonamides is 1. The van der Waals surface area contributed by atoms with Gasteiger partial charge in [-0.15, -0.1) is 0 Å². The summed E-state index contributed by atoms with van der Waals surface area (Å²) in [6, 6.07) is 11.4. The number of fused-ring (bicyclic) bond motifs is 4. The lowest BCUT2D eigenvalue weighted by Crippen LogP contribution is -2.49. The van der Waals surface area contributed by atoms with Crippen molar-refractivity contribution in [1.82, 2.24) is 4.72 Å². The van der Waals surface area contributed by atoms with Crippen LogP contribution in [0.3, 0.4) is 0 Å². The number of Topliss-reactive ketones (excluding diaryl/α,β-unsaturated/α-hetero) is 1. The van der Waals surface area contributed by atoms with Gasteiger partial charge in [-0.25, -0.2) is 13.1 Å². The Labute approximate surface area is 260 Å². The lowest BCUT2D eigenvalue weighted by Gasteiger charge is -2.46. The Hall–Kier alpha value is -2.84. The molecule has 1 N–H and O–H groups in total. The van der Waals surface area contributed by atoms with Crippen LogP contribution in [0.15, 0.2) is 48.6 Å². The van der Waals surface area contributed by atoms with Crippen LogP contribution in [0, 0.1) is 17.8 Å². The maximum Gasteiger partial charge on any atom is 0.264 e. The molecule has 2 aromatic rings. The molecular weight excluding hydrogens is 584 g/mol. The van der Waals surface area contributed by atoms with Crippen LogP contribution >= 0.6 is 11.6 Å². The highest BCUT2D eigenvalue weighted by atomic mass is 35.5. The van der Waals surface area contributed by atoms with Gasteiger partial charge in [0.2, 0.25) is 10.0 Å². The number of benzene rings is 2. The minimum atomic E-state index is -4.00. The van der Waals surface area contributed by atoms with Gasteiger partial charge in [-0.3, -0.25) is 9.59 Å². The molecule has 2 aliphatic heterocycles. The smallest absolute Gasteiger partial charge is 0.264 e. The highest BCUT2D eigenvalue weighted by molar-refractivity contribution is 7.90. The summed E-state index contributed by atoms with van der Waals surface area (Å²) >= 11 is 6.40. The average Bonchev–Trinajstić information content (AvgIpc) is 3.10. The molecule has 5 atom stereocenters. The predicted octanol–water partition coefficient (Wildman–Crippen LogP) is 6.23. The van der Waals surface area contributed by atoms with Gasteiger partial charge >= 0.3 is 0 Å². The van der Waals surface area contributed by atoms with Crippen molar-refractivity contribution in [3.8, 4) is 5.75 Å². The molecule has 0 unspecified atom stereocenters. The number of amides is 1. The molecule has 43 heavy (non-hydrogen) atoms. The van der Waals surface area contributed by atoms with E-state index in [9.17, 15) is 18.0 Å². The van der Waals surface area contributed by atoms with Gasteiger partial charge in [-0.1, -0.05) is 29.8 Å². The number of anilines is 1. The zero-order valence-corrected chi connectivity index (χ0v) is 26.6. The van der Waals surface area contributed by atoms with Gasteiger partial charge in [0.1, 0.15) is 11.5 Å². The second kappa shape index (κ2) is 11.6. The van der Waals surface area contributed by atoms with Crippen LogP contribution in [0.4, 0.5) is 5.69 Å². The average molecular weight is 625 g/mol. The number of nitrogens with zero attached hydrogens (tertiary/aromatic N) is 1. The van der Waals surface area contributed by atoms with E-state index < -0.39 is 21.2 Å². The van der Waals surface area contributed by atoms with E-state index in [4.69, 9.17) is 16.3 Å². The van der Waals surface area contributed by atoms with Crippen LogP contribution in [0.2, 0.25) is 5.02 Å². The quantitative estimate of drug-likeness (QED) is 0.378. The number of carbonyl (C=O) groups excluding carboxylic acids is 2. The van der Waals surface area contributed by atoms with Crippen LogP contribution in [-0.2, 0) is 26.7 Å². The lowest BCUT2D eigenvalue weighted by atomic mass is 9.64. The number of halogens is 1. The van der Waals surface area contributed by atoms with Crippen molar-refractivity contribution in [3.05, 3.63) is 70.3 Å². The Morgan fingerprint density at radius 2 is 1.93 bits per heavy atom. The van der Waals surface area contributed by atoms with Crippen molar-refractivity contribution >= 4 is 39.0 Å². The van der Waals surface area contributed by atoms with E-state index >= 15 is 0 Å². The van der Waals surface area contributed by atoms with E-state index in [1.165, 1.54) is 11.1 Å². The lowest BCUT2D eigenvalue weighted by molar-refractivity contribution is -0.125. The molecule has 6 rings (SSSR count). The van der Waals surface area contributed by atoms with Gasteiger partial charge in [0.15, 0.2) is 0 Å². The number of carbonyl (C=O) groups is 2. The molecule has 7 nitrogen and oxygen atoms in total. The summed E-state index contributed by atoms with van der Waals surface area (Å²) in [5.74, 6) is 0.756. The van der Waals surface area contributed by atoms with Gasteiger partial charge in [-0.2, -0.15) is 0 Å². The number of ether oxygens (including phenoxy) is 1. The summed E-state index contributed by atoms with van der Waals surface area (Å²) in [4.78, 5) is 28.6. The van der Waals surface area contributed by atoms with E-state index in [1.54, 1.807) is 32.0 Å².